The van der Waals surface area contributed by atoms with Crippen LogP contribution in [0.15, 0.2) is 27.8 Å². The molecule has 26 heavy (non-hydrogen) atoms. The number of nitrogens with one attached hydrogen (secondary N) is 1. The van der Waals surface area contributed by atoms with Gasteiger partial charge in [0.1, 0.15) is 0 Å². The van der Waals surface area contributed by atoms with Crippen molar-refractivity contribution in [1.29, 1.82) is 0 Å². The number of aliphatic imine (C=N–C) groups is 1. The lowest BCUT2D eigenvalue weighted by Gasteiger charge is -2.55. The van der Waals surface area contributed by atoms with Crippen molar-refractivity contribution >= 4 is 11.9 Å². The molecule has 1 N–H and O–H groups in total. The summed E-state index contributed by atoms with van der Waals surface area (Å²) in [6.45, 7) is 8.28. The van der Waals surface area contributed by atoms with E-state index in [0.29, 0.717) is 36.9 Å². The van der Waals surface area contributed by atoms with E-state index in [1.54, 1.807) is 12.1 Å². The summed E-state index contributed by atoms with van der Waals surface area (Å²) in [5.41, 5.74) is 0.119. The van der Waals surface area contributed by atoms with Crippen LogP contribution in [0.4, 0.5) is 0 Å². The fraction of sp³-hybridized carbons (Fsp3) is 0.684. The van der Waals surface area contributed by atoms with Crippen LogP contribution in [0, 0.1) is 11.3 Å². The van der Waals surface area contributed by atoms with Gasteiger partial charge in [-0.25, -0.2) is 0 Å². The number of piperazine rings is 1. The van der Waals surface area contributed by atoms with Gasteiger partial charge in [-0.3, -0.25) is 9.79 Å². The minimum absolute atomic E-state index is 0.0383. The molecule has 3 atom stereocenters. The number of hydrogen-bond donors (Lipinski definition) is 1. The fourth-order valence-electron chi connectivity index (χ4n) is 4.73. The van der Waals surface area contributed by atoms with E-state index in [9.17, 15) is 4.79 Å². The van der Waals surface area contributed by atoms with Crippen molar-refractivity contribution in [1.82, 2.24) is 15.1 Å². The molecule has 1 saturated carbocycles. The SMILES string of the molecule is CN=C(NC1C2CCOC2C1(C)C)N1CCN(C(=O)c2ccco2)CC1. The van der Waals surface area contributed by atoms with Crippen molar-refractivity contribution in [3.05, 3.63) is 24.2 Å². The molecule has 7 nitrogen and oxygen atoms in total. The maximum absolute atomic E-state index is 12.4. The number of guanidine groups is 1. The van der Waals surface area contributed by atoms with Crippen molar-refractivity contribution in [2.24, 2.45) is 16.3 Å². The lowest BCUT2D eigenvalue weighted by Crippen LogP contribution is -2.68. The molecule has 3 fully saturated rings. The molecule has 1 aromatic rings. The first-order valence-corrected chi connectivity index (χ1v) is 9.45. The molecule has 3 unspecified atom stereocenters. The summed E-state index contributed by atoms with van der Waals surface area (Å²) in [7, 11) is 1.83. The van der Waals surface area contributed by atoms with Crippen LogP contribution in [0.1, 0.15) is 30.8 Å². The van der Waals surface area contributed by atoms with E-state index in [2.05, 4.69) is 29.1 Å². The van der Waals surface area contributed by atoms with Gasteiger partial charge in [0.15, 0.2) is 11.7 Å². The van der Waals surface area contributed by atoms with Gasteiger partial charge in [-0.1, -0.05) is 13.8 Å². The van der Waals surface area contributed by atoms with Gasteiger partial charge in [-0.05, 0) is 18.6 Å². The molecule has 1 aliphatic carbocycles. The lowest BCUT2D eigenvalue weighted by molar-refractivity contribution is -0.107. The molecule has 1 aromatic heterocycles. The molecule has 7 heteroatoms. The average Bonchev–Trinajstić information content (AvgIpc) is 3.33. The third kappa shape index (κ3) is 2.78. The first-order valence-electron chi connectivity index (χ1n) is 9.45. The van der Waals surface area contributed by atoms with Gasteiger partial charge in [0.2, 0.25) is 0 Å². The number of nitrogens with zero attached hydrogens (tertiary/aromatic N) is 3. The smallest absolute Gasteiger partial charge is 0.289 e. The summed E-state index contributed by atoms with van der Waals surface area (Å²) in [6.07, 6.45) is 3.02. The summed E-state index contributed by atoms with van der Waals surface area (Å²) in [5, 5.41) is 3.68. The van der Waals surface area contributed by atoms with E-state index in [0.717, 1.165) is 32.1 Å². The predicted molar refractivity (Wildman–Crippen MR) is 98.1 cm³/mol. The average molecular weight is 360 g/mol. The maximum atomic E-state index is 12.4. The number of hydrogen-bond acceptors (Lipinski definition) is 4. The minimum atomic E-state index is -0.0383. The van der Waals surface area contributed by atoms with Gasteiger partial charge < -0.3 is 24.3 Å². The Morgan fingerprint density at radius 1 is 1.27 bits per heavy atom. The van der Waals surface area contributed by atoms with Gasteiger partial charge in [0.25, 0.3) is 5.91 Å². The van der Waals surface area contributed by atoms with Crippen LogP contribution in [0.3, 0.4) is 0 Å². The first-order chi connectivity index (χ1) is 12.5. The second-order valence-electron chi connectivity index (χ2n) is 7.99. The van der Waals surface area contributed by atoms with Gasteiger partial charge >= 0.3 is 0 Å². The number of fused-ring (bicyclic) bond motifs is 1. The predicted octanol–water partition coefficient (Wildman–Crippen LogP) is 1.43. The molecule has 0 bridgehead atoms. The molecule has 3 heterocycles. The van der Waals surface area contributed by atoms with E-state index in [4.69, 9.17) is 9.15 Å². The summed E-state index contributed by atoms with van der Waals surface area (Å²) >= 11 is 0. The molecule has 4 rings (SSSR count). The van der Waals surface area contributed by atoms with Crippen LogP contribution < -0.4 is 5.32 Å². The Balaban J connectivity index is 1.35. The molecule has 142 valence electrons. The largest absolute Gasteiger partial charge is 0.459 e. The van der Waals surface area contributed by atoms with Gasteiger partial charge in [0, 0.05) is 57.2 Å². The van der Waals surface area contributed by atoms with Crippen molar-refractivity contribution in [2.45, 2.75) is 32.4 Å². The van der Waals surface area contributed by atoms with Crippen molar-refractivity contribution in [3.8, 4) is 0 Å². The monoisotopic (exact) mass is 360 g/mol. The highest BCUT2D eigenvalue weighted by molar-refractivity contribution is 5.91. The zero-order chi connectivity index (χ0) is 18.3. The van der Waals surface area contributed by atoms with E-state index in [-0.39, 0.29) is 11.3 Å². The Bertz CT molecular complexity index is 677. The Morgan fingerprint density at radius 2 is 2.00 bits per heavy atom. The normalized spacial score (nSPS) is 30.7. The molecule has 2 aliphatic heterocycles. The zero-order valence-corrected chi connectivity index (χ0v) is 15.8. The van der Waals surface area contributed by atoms with Crippen molar-refractivity contribution in [2.75, 3.05) is 39.8 Å². The van der Waals surface area contributed by atoms with Gasteiger partial charge in [0.05, 0.1) is 12.4 Å². The number of amides is 1. The Labute approximate surface area is 154 Å². The molecule has 2 saturated heterocycles. The van der Waals surface area contributed by atoms with Crippen LogP contribution in [-0.2, 0) is 4.74 Å². The third-order valence-electron chi connectivity index (χ3n) is 6.20. The summed E-state index contributed by atoms with van der Waals surface area (Å²) in [6, 6.07) is 3.85. The van der Waals surface area contributed by atoms with Crippen molar-refractivity contribution in [3.63, 3.8) is 0 Å². The first kappa shape index (κ1) is 17.4. The Kier molecular flexibility index (Phi) is 4.42. The van der Waals surface area contributed by atoms with Crippen LogP contribution in [0.25, 0.3) is 0 Å². The number of rotatable bonds is 2. The third-order valence-corrected chi connectivity index (χ3v) is 6.20. The summed E-state index contributed by atoms with van der Waals surface area (Å²) in [5.74, 6) is 1.87. The Hall–Kier alpha value is -2.02. The van der Waals surface area contributed by atoms with E-state index >= 15 is 0 Å². The number of carbonyl (C=O) groups is 1. The van der Waals surface area contributed by atoms with Gasteiger partial charge in [-0.15, -0.1) is 0 Å². The quantitative estimate of drug-likeness (QED) is 0.638. The number of carbonyl (C=O) groups excluding carboxylic acids is 1. The van der Waals surface area contributed by atoms with Crippen molar-refractivity contribution < 1.29 is 13.9 Å². The van der Waals surface area contributed by atoms with E-state index in [1.165, 1.54) is 6.26 Å². The number of furan rings is 1. The van der Waals surface area contributed by atoms with Crippen LogP contribution in [0.2, 0.25) is 0 Å². The topological polar surface area (TPSA) is 70.3 Å². The molecule has 0 spiro atoms. The molecule has 1 amide bonds. The van der Waals surface area contributed by atoms with Crippen LogP contribution in [0.5, 0.6) is 0 Å². The molecular formula is C19H28N4O3. The minimum Gasteiger partial charge on any atom is -0.459 e. The second-order valence-corrected chi connectivity index (χ2v) is 7.99. The standard InChI is InChI=1S/C19H28N4O3/c1-19(2)15(13-6-12-26-16(13)19)21-18(20-3)23-9-7-22(8-10-23)17(24)14-5-4-11-25-14/h4-5,11,13,15-16H,6-10,12H2,1-3H3,(H,20,21). The highest BCUT2D eigenvalue weighted by Gasteiger charge is 2.59. The maximum Gasteiger partial charge on any atom is 0.289 e. The molecular weight excluding hydrogens is 332 g/mol. The zero-order valence-electron chi connectivity index (χ0n) is 15.8. The number of ether oxygens (including phenoxy) is 1. The second kappa shape index (κ2) is 6.61. The van der Waals surface area contributed by atoms with Crippen LogP contribution >= 0.6 is 0 Å². The summed E-state index contributed by atoms with van der Waals surface area (Å²) < 4.78 is 11.1. The van der Waals surface area contributed by atoms with Gasteiger partial charge in [-0.2, -0.15) is 0 Å². The molecule has 0 radical (unpaired) electrons. The fourth-order valence-corrected chi connectivity index (χ4v) is 4.73. The molecule has 0 aromatic carbocycles. The highest BCUT2D eigenvalue weighted by atomic mass is 16.5. The summed E-state index contributed by atoms with van der Waals surface area (Å²) in [4.78, 5) is 21.0. The van der Waals surface area contributed by atoms with E-state index < -0.39 is 0 Å². The Morgan fingerprint density at radius 3 is 2.65 bits per heavy atom. The molecule has 3 aliphatic rings. The van der Waals surface area contributed by atoms with E-state index in [1.807, 2.05) is 11.9 Å². The van der Waals surface area contributed by atoms with Crippen LogP contribution in [-0.4, -0.2) is 73.6 Å². The highest BCUT2D eigenvalue weighted by Crippen LogP contribution is 2.52. The lowest BCUT2D eigenvalue weighted by atomic mass is 9.57.